The highest BCUT2D eigenvalue weighted by Gasteiger charge is 2.15. The molecule has 0 spiro atoms. The smallest absolute Gasteiger partial charge is 0.305 e. The van der Waals surface area contributed by atoms with Crippen molar-refractivity contribution in [1.82, 2.24) is 0 Å². The molecular weight excluding hydrogens is 295 g/mol. The van der Waals surface area contributed by atoms with Crippen molar-refractivity contribution in [2.75, 3.05) is 7.11 Å². The summed E-state index contributed by atoms with van der Waals surface area (Å²) in [6.07, 6.45) is 11.7. The predicted molar refractivity (Wildman–Crippen MR) is 87.8 cm³/mol. The van der Waals surface area contributed by atoms with Crippen molar-refractivity contribution in [2.24, 2.45) is 0 Å². The Kier molecular flexibility index (Phi) is 14.0. The summed E-state index contributed by atoms with van der Waals surface area (Å²) in [6.45, 7) is 2.17. The van der Waals surface area contributed by atoms with Crippen LogP contribution < -0.4 is 0 Å². The number of hydrogen-bond acceptors (Lipinski definition) is 2. The topological polar surface area (TPSA) is 26.3 Å². The van der Waals surface area contributed by atoms with Crippen molar-refractivity contribution in [1.29, 1.82) is 0 Å². The largest absolute Gasteiger partial charge is 0.469 e. The van der Waals surface area contributed by atoms with Crippen LogP contribution in [0.4, 0.5) is 0 Å². The summed E-state index contributed by atoms with van der Waals surface area (Å²) in [5, 5.41) is 0.235. The highest BCUT2D eigenvalue weighted by molar-refractivity contribution is 6.29. The lowest BCUT2D eigenvalue weighted by Gasteiger charge is -2.15. The molecule has 0 amide bonds. The monoisotopic (exact) mass is 324 g/mol. The van der Waals surface area contributed by atoms with E-state index in [0.717, 1.165) is 38.5 Å². The molecule has 0 aliphatic rings. The van der Waals surface area contributed by atoms with Crippen LogP contribution >= 0.6 is 23.2 Å². The van der Waals surface area contributed by atoms with Gasteiger partial charge in [-0.1, -0.05) is 51.9 Å². The van der Waals surface area contributed by atoms with Gasteiger partial charge in [0.2, 0.25) is 0 Å². The third-order valence-corrected chi connectivity index (χ3v) is 4.74. The Morgan fingerprint density at radius 3 is 1.95 bits per heavy atom. The van der Waals surface area contributed by atoms with Crippen LogP contribution in [0.15, 0.2) is 0 Å². The van der Waals surface area contributed by atoms with E-state index >= 15 is 0 Å². The van der Waals surface area contributed by atoms with E-state index in [9.17, 15) is 4.79 Å². The van der Waals surface area contributed by atoms with Crippen LogP contribution in [-0.4, -0.2) is 23.8 Å². The zero-order valence-electron chi connectivity index (χ0n) is 13.0. The lowest BCUT2D eigenvalue weighted by atomic mass is 10.0. The minimum atomic E-state index is -0.102. The Hall–Kier alpha value is 0.0500. The van der Waals surface area contributed by atoms with Crippen LogP contribution in [0.5, 0.6) is 0 Å². The molecule has 0 unspecified atom stereocenters. The van der Waals surface area contributed by atoms with Gasteiger partial charge in [0.05, 0.1) is 7.11 Å². The first kappa shape index (κ1) is 20.1. The minimum Gasteiger partial charge on any atom is -0.469 e. The van der Waals surface area contributed by atoms with Crippen molar-refractivity contribution in [3.05, 3.63) is 0 Å². The fourth-order valence-corrected chi connectivity index (χ4v) is 2.74. The fourth-order valence-electron chi connectivity index (χ4n) is 2.18. The summed E-state index contributed by atoms with van der Waals surface area (Å²) >= 11 is 12.6. The van der Waals surface area contributed by atoms with Gasteiger partial charge in [0.25, 0.3) is 0 Å². The average molecular weight is 325 g/mol. The molecule has 0 aromatic heterocycles. The van der Waals surface area contributed by atoms with Crippen LogP contribution in [0.2, 0.25) is 0 Å². The van der Waals surface area contributed by atoms with E-state index in [2.05, 4.69) is 11.7 Å². The molecule has 0 aromatic carbocycles. The molecule has 0 aliphatic heterocycles. The van der Waals surface area contributed by atoms with E-state index in [1.54, 1.807) is 0 Å². The molecule has 0 aliphatic carbocycles. The number of carbonyl (C=O) groups is 1. The molecule has 0 saturated carbocycles. The van der Waals surface area contributed by atoms with Gasteiger partial charge in [-0.2, -0.15) is 0 Å². The van der Waals surface area contributed by atoms with Gasteiger partial charge in [-0.15, -0.1) is 23.2 Å². The maximum Gasteiger partial charge on any atom is 0.305 e. The zero-order chi connectivity index (χ0) is 15.2. The Morgan fingerprint density at radius 1 is 0.900 bits per heavy atom. The molecule has 0 radical (unpaired) electrons. The van der Waals surface area contributed by atoms with Crippen LogP contribution in [0, 0.1) is 0 Å². The molecule has 0 aromatic rings. The second-order valence-corrected chi connectivity index (χ2v) is 6.53. The Morgan fingerprint density at radius 2 is 1.40 bits per heavy atom. The predicted octanol–water partition coefficient (Wildman–Crippen LogP) is 5.69. The lowest BCUT2D eigenvalue weighted by molar-refractivity contribution is -0.140. The molecule has 2 atom stereocenters. The Labute approximate surface area is 134 Å². The number of unbranched alkanes of at least 4 members (excludes halogenated alkanes) is 6. The maximum atomic E-state index is 10.9. The molecule has 20 heavy (non-hydrogen) atoms. The first-order chi connectivity index (χ1) is 9.61. The lowest BCUT2D eigenvalue weighted by Crippen LogP contribution is -2.14. The summed E-state index contributed by atoms with van der Waals surface area (Å²) in [6, 6.07) is 0. The molecule has 0 saturated heterocycles. The molecule has 2 nitrogen and oxygen atoms in total. The number of hydrogen-bond donors (Lipinski definition) is 0. The van der Waals surface area contributed by atoms with E-state index in [4.69, 9.17) is 23.2 Å². The highest BCUT2D eigenvalue weighted by atomic mass is 35.5. The first-order valence-corrected chi connectivity index (χ1v) is 8.84. The molecule has 120 valence electrons. The maximum absolute atomic E-state index is 10.9. The molecule has 0 fully saturated rings. The number of methoxy groups -OCH3 is 1. The van der Waals surface area contributed by atoms with Crippen LogP contribution in [0.3, 0.4) is 0 Å². The summed E-state index contributed by atoms with van der Waals surface area (Å²) in [5.41, 5.74) is 0. The zero-order valence-corrected chi connectivity index (χ0v) is 14.5. The number of carbonyl (C=O) groups excluding carboxylic acids is 1. The third-order valence-electron chi connectivity index (χ3n) is 3.56. The number of rotatable bonds is 13. The number of esters is 1. The summed E-state index contributed by atoms with van der Waals surface area (Å²) in [7, 11) is 1.44. The van der Waals surface area contributed by atoms with Gasteiger partial charge in [-0.05, 0) is 19.3 Å². The van der Waals surface area contributed by atoms with Gasteiger partial charge in [-0.25, -0.2) is 0 Å². The van der Waals surface area contributed by atoms with Gasteiger partial charge < -0.3 is 4.74 Å². The summed E-state index contributed by atoms with van der Waals surface area (Å²) in [4.78, 5) is 10.9. The third kappa shape index (κ3) is 11.8. The van der Waals surface area contributed by atoms with E-state index < -0.39 is 0 Å². The second-order valence-electron chi connectivity index (χ2n) is 5.41. The molecule has 0 rings (SSSR count). The second kappa shape index (κ2) is 14.0. The molecule has 0 N–H and O–H groups in total. The number of ether oxygens (including phenoxy) is 1. The molecule has 0 heterocycles. The fraction of sp³-hybridized carbons (Fsp3) is 0.938. The average Bonchev–Trinajstić information content (AvgIpc) is 2.46. The van der Waals surface area contributed by atoms with Crippen molar-refractivity contribution >= 4 is 29.2 Å². The minimum absolute atomic E-state index is 0.102. The van der Waals surface area contributed by atoms with Gasteiger partial charge >= 0.3 is 5.97 Å². The van der Waals surface area contributed by atoms with E-state index in [-0.39, 0.29) is 16.7 Å². The first-order valence-electron chi connectivity index (χ1n) is 7.96. The molecular formula is C16H30Cl2O2. The van der Waals surface area contributed by atoms with Crippen LogP contribution in [0.25, 0.3) is 0 Å². The Balaban J connectivity index is 3.32. The number of alkyl halides is 2. The van der Waals surface area contributed by atoms with Crippen LogP contribution in [0.1, 0.15) is 77.6 Å². The summed E-state index contributed by atoms with van der Waals surface area (Å²) in [5.74, 6) is -0.102. The van der Waals surface area contributed by atoms with Crippen molar-refractivity contribution < 1.29 is 9.53 Å². The summed E-state index contributed by atoms with van der Waals surface area (Å²) < 4.78 is 4.61. The molecule has 4 heteroatoms. The number of halogens is 2. The van der Waals surface area contributed by atoms with Crippen molar-refractivity contribution in [2.45, 2.75) is 88.3 Å². The van der Waals surface area contributed by atoms with E-state index in [0.29, 0.717) is 6.42 Å². The quantitative estimate of drug-likeness (QED) is 0.247. The van der Waals surface area contributed by atoms with Gasteiger partial charge in [0.1, 0.15) is 0 Å². The standard InChI is InChI=1S/C16H30Cl2O2/c1-3-4-11-14(17)15(18)12-9-7-5-6-8-10-13-16(19)20-2/h14-15H,3-13H2,1-2H3/t14-,15-/m0/s1. The van der Waals surface area contributed by atoms with Crippen molar-refractivity contribution in [3.63, 3.8) is 0 Å². The van der Waals surface area contributed by atoms with Gasteiger partial charge in [0, 0.05) is 17.2 Å². The van der Waals surface area contributed by atoms with Crippen molar-refractivity contribution in [3.8, 4) is 0 Å². The van der Waals surface area contributed by atoms with Gasteiger partial charge in [0.15, 0.2) is 0 Å². The van der Waals surface area contributed by atoms with Gasteiger partial charge in [-0.3, -0.25) is 4.79 Å². The van der Waals surface area contributed by atoms with E-state index in [1.165, 1.54) is 32.8 Å². The van der Waals surface area contributed by atoms with Crippen LogP contribution in [-0.2, 0) is 9.53 Å². The Bertz CT molecular complexity index is 235. The van der Waals surface area contributed by atoms with E-state index in [1.807, 2.05) is 0 Å². The normalized spacial score (nSPS) is 14.0. The molecule has 0 bridgehead atoms. The SMILES string of the molecule is CCCC[C@H](Cl)[C@@H](Cl)CCCCCCCCC(=O)OC. The highest BCUT2D eigenvalue weighted by Crippen LogP contribution is 2.22.